The summed E-state index contributed by atoms with van der Waals surface area (Å²) in [4.78, 5) is 27.3. The Hall–Kier alpha value is -2.02. The molecular weight excluding hydrogens is 376 g/mol. The van der Waals surface area contributed by atoms with Gasteiger partial charge < -0.3 is 19.3 Å². The van der Waals surface area contributed by atoms with Gasteiger partial charge in [-0.25, -0.2) is 4.79 Å². The lowest BCUT2D eigenvalue weighted by Crippen LogP contribution is -2.50. The maximum atomic E-state index is 12.3. The van der Waals surface area contributed by atoms with E-state index in [1.54, 1.807) is 29.9 Å². The van der Waals surface area contributed by atoms with Gasteiger partial charge in [-0.2, -0.15) is 0 Å². The van der Waals surface area contributed by atoms with E-state index in [2.05, 4.69) is 15.9 Å². The fraction of sp³-hybridized carbons (Fsp3) is 0.412. The molecule has 7 heteroatoms. The van der Waals surface area contributed by atoms with Crippen LogP contribution in [-0.2, 0) is 9.53 Å². The van der Waals surface area contributed by atoms with Gasteiger partial charge in [-0.05, 0) is 31.2 Å². The minimum atomic E-state index is -0.320. The average Bonchev–Trinajstić information content (AvgIpc) is 2.60. The summed E-state index contributed by atoms with van der Waals surface area (Å²) in [5.74, 6) is 0.620. The molecule has 0 bridgehead atoms. The molecule has 0 unspecified atom stereocenters. The first-order valence-corrected chi connectivity index (χ1v) is 8.56. The molecule has 2 rings (SSSR count). The molecule has 24 heavy (non-hydrogen) atoms. The molecule has 1 aliphatic rings. The third-order valence-corrected chi connectivity index (χ3v) is 4.21. The van der Waals surface area contributed by atoms with Gasteiger partial charge in [0, 0.05) is 42.3 Å². The van der Waals surface area contributed by atoms with Crippen LogP contribution in [0.1, 0.15) is 12.5 Å². The molecule has 130 valence electrons. The van der Waals surface area contributed by atoms with Crippen LogP contribution < -0.4 is 4.74 Å². The van der Waals surface area contributed by atoms with Crippen molar-refractivity contribution in [3.05, 3.63) is 34.3 Å². The molecule has 0 N–H and O–H groups in total. The highest BCUT2D eigenvalue weighted by molar-refractivity contribution is 9.10. The van der Waals surface area contributed by atoms with Gasteiger partial charge in [-0.15, -0.1) is 0 Å². The molecule has 0 radical (unpaired) electrons. The normalized spacial score (nSPS) is 14.8. The van der Waals surface area contributed by atoms with Crippen LogP contribution in [0.5, 0.6) is 5.75 Å². The SMILES string of the molecule is CCOC(=O)N1CCN(C(=O)/C=C/c2cc(Br)ccc2OC)CC1. The highest BCUT2D eigenvalue weighted by Gasteiger charge is 2.23. The van der Waals surface area contributed by atoms with Crippen molar-refractivity contribution in [1.29, 1.82) is 0 Å². The Morgan fingerprint density at radius 1 is 1.21 bits per heavy atom. The number of halogens is 1. The standard InChI is InChI=1S/C17H21BrN2O4/c1-3-24-17(22)20-10-8-19(9-11-20)16(21)7-4-13-12-14(18)5-6-15(13)23-2/h4-7,12H,3,8-11H2,1-2H3/b7-4+. The second kappa shape index (κ2) is 8.73. The number of nitrogens with zero attached hydrogens (tertiary/aromatic N) is 2. The van der Waals surface area contributed by atoms with Gasteiger partial charge >= 0.3 is 6.09 Å². The first-order chi connectivity index (χ1) is 11.5. The first kappa shape index (κ1) is 18.3. The zero-order valence-corrected chi connectivity index (χ0v) is 15.4. The maximum Gasteiger partial charge on any atom is 0.409 e. The number of piperazine rings is 1. The molecule has 1 heterocycles. The summed E-state index contributed by atoms with van der Waals surface area (Å²) < 4.78 is 11.2. The number of hydrogen-bond acceptors (Lipinski definition) is 4. The van der Waals surface area contributed by atoms with E-state index in [0.29, 0.717) is 38.5 Å². The molecule has 6 nitrogen and oxygen atoms in total. The topological polar surface area (TPSA) is 59.1 Å². The van der Waals surface area contributed by atoms with Crippen molar-refractivity contribution in [3.8, 4) is 5.75 Å². The third-order valence-electron chi connectivity index (χ3n) is 3.71. The minimum absolute atomic E-state index is 0.0828. The zero-order valence-electron chi connectivity index (χ0n) is 13.8. The summed E-state index contributed by atoms with van der Waals surface area (Å²) in [7, 11) is 1.59. The van der Waals surface area contributed by atoms with E-state index in [0.717, 1.165) is 10.0 Å². The predicted molar refractivity (Wildman–Crippen MR) is 94.9 cm³/mol. The second-order valence-corrected chi connectivity index (χ2v) is 6.15. The monoisotopic (exact) mass is 396 g/mol. The van der Waals surface area contributed by atoms with Crippen LogP contribution in [0.25, 0.3) is 6.08 Å². The molecule has 0 aliphatic carbocycles. The van der Waals surface area contributed by atoms with Gasteiger partial charge in [0.15, 0.2) is 0 Å². The highest BCUT2D eigenvalue weighted by Crippen LogP contribution is 2.24. The lowest BCUT2D eigenvalue weighted by atomic mass is 10.2. The number of amides is 2. The van der Waals surface area contributed by atoms with Crippen LogP contribution in [0.4, 0.5) is 4.79 Å². The van der Waals surface area contributed by atoms with E-state index in [1.807, 2.05) is 18.2 Å². The van der Waals surface area contributed by atoms with E-state index in [4.69, 9.17) is 9.47 Å². The fourth-order valence-corrected chi connectivity index (χ4v) is 2.80. The summed E-state index contributed by atoms with van der Waals surface area (Å²) in [6, 6.07) is 5.61. The smallest absolute Gasteiger partial charge is 0.409 e. The Bertz CT molecular complexity index is 625. The molecule has 1 aromatic carbocycles. The molecule has 1 saturated heterocycles. The van der Waals surface area contributed by atoms with Crippen molar-refractivity contribution in [2.75, 3.05) is 39.9 Å². The summed E-state index contributed by atoms with van der Waals surface area (Å²) in [5.41, 5.74) is 0.824. The molecule has 1 aliphatic heterocycles. The van der Waals surface area contributed by atoms with Crippen LogP contribution in [-0.4, -0.2) is 61.7 Å². The Balaban J connectivity index is 1.94. The summed E-state index contributed by atoms with van der Waals surface area (Å²) >= 11 is 3.41. The fourth-order valence-electron chi connectivity index (χ4n) is 2.43. The zero-order chi connectivity index (χ0) is 17.5. The van der Waals surface area contributed by atoms with Crippen LogP contribution in [0, 0.1) is 0 Å². The number of rotatable bonds is 4. The number of benzene rings is 1. The minimum Gasteiger partial charge on any atom is -0.496 e. The first-order valence-electron chi connectivity index (χ1n) is 7.77. The van der Waals surface area contributed by atoms with Crippen molar-refractivity contribution in [3.63, 3.8) is 0 Å². The number of methoxy groups -OCH3 is 1. The van der Waals surface area contributed by atoms with E-state index in [-0.39, 0.29) is 12.0 Å². The Kier molecular flexibility index (Phi) is 6.66. The predicted octanol–water partition coefficient (Wildman–Crippen LogP) is 2.77. The second-order valence-electron chi connectivity index (χ2n) is 5.23. The molecule has 0 saturated carbocycles. The summed E-state index contributed by atoms with van der Waals surface area (Å²) in [6.45, 7) is 4.10. The van der Waals surface area contributed by atoms with Gasteiger partial charge in [0.1, 0.15) is 5.75 Å². The summed E-state index contributed by atoms with van der Waals surface area (Å²) in [5, 5.41) is 0. The maximum absolute atomic E-state index is 12.3. The lowest BCUT2D eigenvalue weighted by Gasteiger charge is -2.33. The highest BCUT2D eigenvalue weighted by atomic mass is 79.9. The molecular formula is C17H21BrN2O4. The van der Waals surface area contributed by atoms with Gasteiger partial charge in [-0.1, -0.05) is 15.9 Å². The van der Waals surface area contributed by atoms with Crippen molar-refractivity contribution < 1.29 is 19.1 Å². The number of hydrogen-bond donors (Lipinski definition) is 0. The van der Waals surface area contributed by atoms with Crippen molar-refractivity contribution in [1.82, 2.24) is 9.80 Å². The summed E-state index contributed by atoms with van der Waals surface area (Å²) in [6.07, 6.45) is 2.95. The molecule has 2 amide bonds. The van der Waals surface area contributed by atoms with E-state index < -0.39 is 0 Å². The van der Waals surface area contributed by atoms with Crippen LogP contribution in [0.3, 0.4) is 0 Å². The average molecular weight is 397 g/mol. The molecule has 0 aromatic heterocycles. The quantitative estimate of drug-likeness (QED) is 0.734. The Labute approximate surface area is 150 Å². The van der Waals surface area contributed by atoms with Gasteiger partial charge in [-0.3, -0.25) is 4.79 Å². The van der Waals surface area contributed by atoms with Crippen molar-refractivity contribution >= 4 is 34.0 Å². The number of ether oxygens (including phenoxy) is 2. The van der Waals surface area contributed by atoms with Gasteiger partial charge in [0.05, 0.1) is 13.7 Å². The van der Waals surface area contributed by atoms with E-state index in [1.165, 1.54) is 6.08 Å². The molecule has 0 spiro atoms. The van der Waals surface area contributed by atoms with Crippen LogP contribution in [0.2, 0.25) is 0 Å². The van der Waals surface area contributed by atoms with E-state index in [9.17, 15) is 9.59 Å². The number of carbonyl (C=O) groups is 2. The van der Waals surface area contributed by atoms with Crippen molar-refractivity contribution in [2.45, 2.75) is 6.92 Å². The van der Waals surface area contributed by atoms with Crippen LogP contribution >= 0.6 is 15.9 Å². The Morgan fingerprint density at radius 2 is 1.88 bits per heavy atom. The largest absolute Gasteiger partial charge is 0.496 e. The van der Waals surface area contributed by atoms with Gasteiger partial charge in [0.25, 0.3) is 0 Å². The molecule has 0 atom stereocenters. The number of carbonyl (C=O) groups excluding carboxylic acids is 2. The van der Waals surface area contributed by atoms with Crippen LogP contribution in [0.15, 0.2) is 28.7 Å². The lowest BCUT2D eigenvalue weighted by molar-refractivity contribution is -0.127. The van der Waals surface area contributed by atoms with E-state index >= 15 is 0 Å². The van der Waals surface area contributed by atoms with Gasteiger partial charge in [0.2, 0.25) is 5.91 Å². The molecule has 1 aromatic rings. The third kappa shape index (κ3) is 4.74. The van der Waals surface area contributed by atoms with Crippen molar-refractivity contribution in [2.24, 2.45) is 0 Å². The molecule has 1 fully saturated rings. The Morgan fingerprint density at radius 3 is 2.50 bits per heavy atom.